The molecule has 0 aromatic heterocycles. The van der Waals surface area contributed by atoms with Gasteiger partial charge in [0.05, 0.1) is 50.5 Å². The van der Waals surface area contributed by atoms with Crippen LogP contribution in [-0.4, -0.2) is 191 Å². The minimum absolute atomic E-state index is 0. The molecular weight excluding hydrogens is 783 g/mol. The van der Waals surface area contributed by atoms with Crippen molar-refractivity contribution < 1.29 is 89.3 Å². The molecule has 0 unspecified atom stereocenters. The molecule has 0 radical (unpaired) electrons. The standard InChI is InChI=1S/2C10H18O4.2C9H16O5.K.H/c2*11-9(12)7-5-3-1-2-4-6-8-10(13)14;2*1-7(2)8(13)14-6-9(3-10,4-11)5-12;;/h2*1-8H2,(H,11,12)(H,13,14);2*10-12H,1,3-6H2,2H3;;. The Labute approximate surface area is 378 Å². The normalized spacial score (nSPS) is 10.4. The van der Waals surface area contributed by atoms with Crippen molar-refractivity contribution in [2.45, 2.75) is 117 Å². The van der Waals surface area contributed by atoms with Gasteiger partial charge in [-0.3, -0.25) is 19.2 Å². The molecule has 19 heteroatoms. The van der Waals surface area contributed by atoms with Crippen LogP contribution in [0.1, 0.15) is 117 Å². The van der Waals surface area contributed by atoms with Gasteiger partial charge in [0.1, 0.15) is 13.2 Å². The number of hydrogen-bond donors (Lipinski definition) is 10. The number of carboxylic acids is 4. The Kier molecular flexibility index (Phi) is 46.9. The fourth-order valence-corrected chi connectivity index (χ4v) is 3.78. The monoisotopic (exact) mass is 852 g/mol. The summed E-state index contributed by atoms with van der Waals surface area (Å²) in [4.78, 5) is 62.5. The zero-order chi connectivity index (χ0) is 44.0. The molecule has 0 amide bonds. The average Bonchev–Trinajstić information content (AvgIpc) is 3.15. The second-order valence-electron chi connectivity index (χ2n) is 13.5. The van der Waals surface area contributed by atoms with E-state index in [1.165, 1.54) is 13.8 Å². The van der Waals surface area contributed by atoms with E-state index in [-0.39, 0.29) is 101 Å². The van der Waals surface area contributed by atoms with Crippen LogP contribution in [0.2, 0.25) is 0 Å². The van der Waals surface area contributed by atoms with Crippen molar-refractivity contribution >= 4 is 87.2 Å². The van der Waals surface area contributed by atoms with Crippen LogP contribution in [0.15, 0.2) is 24.3 Å². The van der Waals surface area contributed by atoms with Gasteiger partial charge < -0.3 is 60.5 Å². The first kappa shape index (κ1) is 63.9. The molecule has 0 bridgehead atoms. The molecule has 0 aromatic carbocycles. The number of hydrogen-bond acceptors (Lipinski definition) is 14. The molecule has 330 valence electrons. The summed E-state index contributed by atoms with van der Waals surface area (Å²) in [5, 5.41) is 86.8. The van der Waals surface area contributed by atoms with Crippen LogP contribution in [0, 0.1) is 10.8 Å². The third kappa shape index (κ3) is 43.1. The van der Waals surface area contributed by atoms with Crippen molar-refractivity contribution in [3.05, 3.63) is 24.3 Å². The third-order valence-electron chi connectivity index (χ3n) is 7.79. The molecular formula is C38H69KO18. The van der Waals surface area contributed by atoms with Crippen molar-refractivity contribution in [2.75, 3.05) is 52.9 Å². The first-order valence-electron chi connectivity index (χ1n) is 18.5. The average molecular weight is 853 g/mol. The zero-order valence-electron chi connectivity index (χ0n) is 33.1. The van der Waals surface area contributed by atoms with Gasteiger partial charge in [0.2, 0.25) is 0 Å². The van der Waals surface area contributed by atoms with Crippen LogP contribution in [-0.2, 0) is 38.2 Å². The van der Waals surface area contributed by atoms with Gasteiger partial charge in [-0.1, -0.05) is 64.5 Å². The van der Waals surface area contributed by atoms with Crippen LogP contribution in [0.25, 0.3) is 0 Å². The van der Waals surface area contributed by atoms with Crippen LogP contribution >= 0.6 is 0 Å². The Morgan fingerprint density at radius 1 is 0.404 bits per heavy atom. The SMILES string of the molecule is C=C(C)C(=O)OCC(CO)(CO)CO.C=C(C)C(=O)OCC(CO)(CO)CO.O=C(O)CCCCCCCCC(=O)O.O=C(O)CCCCCCCCC(=O)O.[KH]. The summed E-state index contributed by atoms with van der Waals surface area (Å²) in [6.07, 6.45) is 11.6. The van der Waals surface area contributed by atoms with Gasteiger partial charge in [0.15, 0.2) is 0 Å². The number of rotatable bonds is 30. The number of esters is 2. The van der Waals surface area contributed by atoms with Gasteiger partial charge in [0, 0.05) is 36.8 Å². The molecule has 0 spiro atoms. The van der Waals surface area contributed by atoms with E-state index in [9.17, 15) is 28.8 Å². The number of carbonyl (C=O) groups excluding carboxylic acids is 2. The molecule has 0 aliphatic heterocycles. The summed E-state index contributed by atoms with van der Waals surface area (Å²) in [6, 6.07) is 0. The number of unbranched alkanes of at least 4 members (excludes halogenated alkanes) is 10. The molecule has 0 aromatic rings. The van der Waals surface area contributed by atoms with Gasteiger partial charge >= 0.3 is 87.2 Å². The molecule has 0 saturated heterocycles. The molecule has 57 heavy (non-hydrogen) atoms. The number of carbonyl (C=O) groups is 6. The van der Waals surface area contributed by atoms with E-state index in [1.807, 2.05) is 0 Å². The molecule has 0 atom stereocenters. The van der Waals surface area contributed by atoms with E-state index in [0.29, 0.717) is 0 Å². The van der Waals surface area contributed by atoms with Gasteiger partial charge in [-0.25, -0.2) is 9.59 Å². The Morgan fingerprint density at radius 3 is 0.719 bits per heavy atom. The maximum atomic E-state index is 11.0. The fourth-order valence-electron chi connectivity index (χ4n) is 3.78. The van der Waals surface area contributed by atoms with Crippen LogP contribution in [0.3, 0.4) is 0 Å². The minimum atomic E-state index is -1.18. The number of aliphatic hydroxyl groups excluding tert-OH is 6. The summed E-state index contributed by atoms with van der Waals surface area (Å²) in [5.41, 5.74) is -1.89. The van der Waals surface area contributed by atoms with Crippen molar-refractivity contribution in [3.8, 4) is 0 Å². The summed E-state index contributed by atoms with van der Waals surface area (Å²) in [5.74, 6) is -4.17. The van der Waals surface area contributed by atoms with E-state index in [0.717, 1.165) is 77.0 Å². The third-order valence-corrected chi connectivity index (χ3v) is 7.79. The van der Waals surface area contributed by atoms with E-state index in [4.69, 9.17) is 60.5 Å². The maximum absolute atomic E-state index is 11.0. The first-order valence-corrected chi connectivity index (χ1v) is 18.5. The quantitative estimate of drug-likeness (QED) is 0.0214. The summed E-state index contributed by atoms with van der Waals surface area (Å²) in [7, 11) is 0. The first-order chi connectivity index (χ1) is 26.3. The molecule has 0 saturated carbocycles. The summed E-state index contributed by atoms with van der Waals surface area (Å²) < 4.78 is 9.45. The Hall–Kier alpha value is -2.30. The molecule has 0 rings (SSSR count). The van der Waals surface area contributed by atoms with Crippen molar-refractivity contribution in [2.24, 2.45) is 10.8 Å². The van der Waals surface area contributed by atoms with Gasteiger partial charge in [-0.15, -0.1) is 0 Å². The summed E-state index contributed by atoms with van der Waals surface area (Å²) in [6.45, 7) is 6.52. The predicted molar refractivity (Wildman–Crippen MR) is 210 cm³/mol. The molecule has 0 fully saturated rings. The molecule has 18 nitrogen and oxygen atoms in total. The van der Waals surface area contributed by atoms with Crippen molar-refractivity contribution in [3.63, 3.8) is 0 Å². The van der Waals surface area contributed by atoms with E-state index >= 15 is 0 Å². The van der Waals surface area contributed by atoms with E-state index < -0.39 is 86.3 Å². The van der Waals surface area contributed by atoms with Crippen LogP contribution in [0.5, 0.6) is 0 Å². The number of aliphatic hydroxyl groups is 6. The van der Waals surface area contributed by atoms with Gasteiger partial charge in [-0.05, 0) is 39.5 Å². The number of carboxylic acid groups (broad SMARTS) is 4. The predicted octanol–water partition coefficient (Wildman–Crippen LogP) is 2.04. The van der Waals surface area contributed by atoms with Gasteiger partial charge in [0.25, 0.3) is 0 Å². The van der Waals surface area contributed by atoms with Crippen LogP contribution < -0.4 is 0 Å². The zero-order valence-corrected chi connectivity index (χ0v) is 33.1. The second-order valence-corrected chi connectivity index (χ2v) is 13.5. The number of ether oxygens (including phenoxy) is 2. The second kappa shape index (κ2) is 41.8. The van der Waals surface area contributed by atoms with Crippen molar-refractivity contribution in [1.82, 2.24) is 0 Å². The van der Waals surface area contributed by atoms with E-state index in [2.05, 4.69) is 13.2 Å². The Bertz CT molecular complexity index is 977. The fraction of sp³-hybridized carbons (Fsp3) is 0.737. The topological polar surface area (TPSA) is 323 Å². The molecule has 0 aliphatic rings. The van der Waals surface area contributed by atoms with Gasteiger partial charge in [-0.2, -0.15) is 0 Å². The molecule has 10 N–H and O–H groups in total. The van der Waals surface area contributed by atoms with Crippen molar-refractivity contribution in [1.29, 1.82) is 0 Å². The van der Waals surface area contributed by atoms with Crippen LogP contribution in [0.4, 0.5) is 0 Å². The molecule has 0 heterocycles. The number of aliphatic carboxylic acids is 4. The summed E-state index contributed by atoms with van der Waals surface area (Å²) >= 11 is 0. The Morgan fingerprint density at radius 2 is 0.579 bits per heavy atom. The molecule has 0 aliphatic carbocycles. The Balaban J connectivity index is -0.000000210. The van der Waals surface area contributed by atoms with E-state index in [1.54, 1.807) is 0 Å².